The van der Waals surface area contributed by atoms with E-state index >= 15 is 0 Å². The van der Waals surface area contributed by atoms with Gasteiger partial charge in [-0.25, -0.2) is 8.42 Å². The topological polar surface area (TPSA) is 66.5 Å². The first-order chi connectivity index (χ1) is 10.6. The molecule has 1 N–H and O–H groups in total. The Labute approximate surface area is 129 Å². The molecule has 1 atom stereocenters. The van der Waals surface area contributed by atoms with Gasteiger partial charge < -0.3 is 5.32 Å². The predicted octanol–water partition coefficient (Wildman–Crippen LogP) is 1.55. The number of anilines is 1. The Bertz CT molecular complexity index is 803. The van der Waals surface area contributed by atoms with Crippen molar-refractivity contribution in [2.45, 2.75) is 17.4 Å². The van der Waals surface area contributed by atoms with E-state index in [0.717, 1.165) is 5.56 Å². The van der Waals surface area contributed by atoms with Crippen molar-refractivity contribution in [2.75, 3.05) is 11.4 Å². The van der Waals surface area contributed by atoms with E-state index in [9.17, 15) is 13.2 Å². The highest BCUT2D eigenvalue weighted by Crippen LogP contribution is 2.36. The summed E-state index contributed by atoms with van der Waals surface area (Å²) in [5.41, 5.74) is 1.43. The summed E-state index contributed by atoms with van der Waals surface area (Å²) in [6.07, 6.45) is 0.377. The minimum atomic E-state index is -3.78. The van der Waals surface area contributed by atoms with E-state index in [-0.39, 0.29) is 10.8 Å². The van der Waals surface area contributed by atoms with Crippen LogP contribution in [-0.4, -0.2) is 27.4 Å². The molecule has 0 radical (unpaired) electrons. The summed E-state index contributed by atoms with van der Waals surface area (Å²) in [7, 11) is -2.27. The molecule has 1 aliphatic rings. The van der Waals surface area contributed by atoms with E-state index in [0.29, 0.717) is 12.1 Å². The van der Waals surface area contributed by atoms with E-state index in [4.69, 9.17) is 0 Å². The minimum absolute atomic E-state index is 0.181. The molecule has 2 aromatic carbocycles. The summed E-state index contributed by atoms with van der Waals surface area (Å²) in [6.45, 7) is 0. The van der Waals surface area contributed by atoms with E-state index in [1.54, 1.807) is 30.3 Å². The van der Waals surface area contributed by atoms with Gasteiger partial charge in [-0.3, -0.25) is 9.10 Å². The zero-order chi connectivity index (χ0) is 15.7. The lowest BCUT2D eigenvalue weighted by Crippen LogP contribution is -2.47. The van der Waals surface area contributed by atoms with Gasteiger partial charge in [0.15, 0.2) is 0 Å². The zero-order valence-electron chi connectivity index (χ0n) is 12.1. The van der Waals surface area contributed by atoms with Crippen LogP contribution in [0.2, 0.25) is 0 Å². The van der Waals surface area contributed by atoms with Crippen LogP contribution >= 0.6 is 0 Å². The van der Waals surface area contributed by atoms with Crippen LogP contribution in [-0.2, 0) is 21.2 Å². The van der Waals surface area contributed by atoms with Crippen molar-refractivity contribution < 1.29 is 13.2 Å². The van der Waals surface area contributed by atoms with Crippen LogP contribution in [0.15, 0.2) is 59.5 Å². The molecular weight excluding hydrogens is 300 g/mol. The van der Waals surface area contributed by atoms with Crippen LogP contribution in [0.5, 0.6) is 0 Å². The van der Waals surface area contributed by atoms with E-state index < -0.39 is 16.1 Å². The third-order valence-corrected chi connectivity index (χ3v) is 5.61. The highest BCUT2D eigenvalue weighted by molar-refractivity contribution is 7.93. The number of carbonyl (C=O) groups is 1. The molecule has 0 bridgehead atoms. The zero-order valence-corrected chi connectivity index (χ0v) is 12.9. The quantitative estimate of drug-likeness (QED) is 0.934. The van der Waals surface area contributed by atoms with Gasteiger partial charge in [-0.15, -0.1) is 0 Å². The van der Waals surface area contributed by atoms with E-state index in [1.807, 2.05) is 12.1 Å². The molecule has 114 valence electrons. The molecule has 22 heavy (non-hydrogen) atoms. The number of carbonyl (C=O) groups excluding carboxylic acids is 1. The Hall–Kier alpha value is -2.34. The average molecular weight is 316 g/mol. The summed E-state index contributed by atoms with van der Waals surface area (Å²) in [5, 5.41) is 2.55. The van der Waals surface area contributed by atoms with Gasteiger partial charge in [0.25, 0.3) is 10.0 Å². The van der Waals surface area contributed by atoms with Crippen molar-refractivity contribution in [1.29, 1.82) is 0 Å². The molecule has 6 heteroatoms. The Morgan fingerprint density at radius 1 is 1.09 bits per heavy atom. The molecule has 1 heterocycles. The van der Waals surface area contributed by atoms with Gasteiger partial charge in [0, 0.05) is 13.5 Å². The molecular formula is C16H16N2O3S. The highest BCUT2D eigenvalue weighted by atomic mass is 32.2. The second-order valence-corrected chi connectivity index (χ2v) is 6.89. The number of benzene rings is 2. The number of sulfonamides is 1. The third-order valence-electron chi connectivity index (χ3n) is 3.77. The Balaban J connectivity index is 2.15. The number of hydrogen-bond acceptors (Lipinski definition) is 3. The smallest absolute Gasteiger partial charge is 0.265 e. The number of nitrogens with one attached hydrogen (secondary N) is 1. The maximum Gasteiger partial charge on any atom is 0.265 e. The third kappa shape index (κ3) is 2.25. The molecule has 5 nitrogen and oxygen atoms in total. The largest absolute Gasteiger partial charge is 0.357 e. The van der Waals surface area contributed by atoms with E-state index in [2.05, 4.69) is 5.32 Å². The lowest BCUT2D eigenvalue weighted by Gasteiger charge is -2.25. The van der Waals surface area contributed by atoms with Gasteiger partial charge in [-0.1, -0.05) is 36.4 Å². The number of likely N-dealkylation sites (N-methyl/N-ethyl adjacent to an activating group) is 1. The first kappa shape index (κ1) is 14.6. The number of fused-ring (bicyclic) bond motifs is 1. The molecule has 0 saturated heterocycles. The Morgan fingerprint density at radius 2 is 1.73 bits per heavy atom. The number of rotatable bonds is 3. The summed E-state index contributed by atoms with van der Waals surface area (Å²) < 4.78 is 27.2. The standard InChI is InChI=1S/C16H16N2O3S/c1-17-16(19)15-11-12-7-5-6-10-14(12)18(15)22(20,21)13-8-3-2-4-9-13/h2-10,15H,11H2,1H3,(H,17,19)/t15-/m0/s1. The second-order valence-electron chi connectivity index (χ2n) is 5.08. The summed E-state index contributed by atoms with van der Waals surface area (Å²) >= 11 is 0. The first-order valence-electron chi connectivity index (χ1n) is 6.94. The fourth-order valence-corrected chi connectivity index (χ4v) is 4.40. The van der Waals surface area contributed by atoms with Crippen LogP contribution in [0, 0.1) is 0 Å². The van der Waals surface area contributed by atoms with Crippen molar-refractivity contribution in [2.24, 2.45) is 0 Å². The van der Waals surface area contributed by atoms with Crippen molar-refractivity contribution in [1.82, 2.24) is 5.32 Å². The molecule has 0 aliphatic carbocycles. The van der Waals surface area contributed by atoms with Crippen LogP contribution in [0.4, 0.5) is 5.69 Å². The van der Waals surface area contributed by atoms with Crippen LogP contribution in [0.1, 0.15) is 5.56 Å². The SMILES string of the molecule is CNC(=O)[C@@H]1Cc2ccccc2N1S(=O)(=O)c1ccccc1. The normalized spacial score (nSPS) is 17.1. The molecule has 1 amide bonds. The van der Waals surface area contributed by atoms with Crippen molar-refractivity contribution in [3.8, 4) is 0 Å². The van der Waals surface area contributed by atoms with Gasteiger partial charge in [-0.2, -0.15) is 0 Å². The molecule has 0 aromatic heterocycles. The van der Waals surface area contributed by atoms with Gasteiger partial charge in [0.05, 0.1) is 10.6 Å². The fourth-order valence-electron chi connectivity index (χ4n) is 2.73. The summed E-state index contributed by atoms with van der Waals surface area (Å²) in [4.78, 5) is 12.3. The first-order valence-corrected chi connectivity index (χ1v) is 8.38. The lowest BCUT2D eigenvalue weighted by molar-refractivity contribution is -0.121. The van der Waals surface area contributed by atoms with Crippen molar-refractivity contribution >= 4 is 21.6 Å². The second kappa shape index (κ2) is 5.46. The molecule has 2 aromatic rings. The van der Waals surface area contributed by atoms with Crippen molar-refractivity contribution in [3.63, 3.8) is 0 Å². The fraction of sp³-hybridized carbons (Fsp3) is 0.188. The predicted molar refractivity (Wildman–Crippen MR) is 84.1 cm³/mol. The molecule has 0 unspecified atom stereocenters. The number of amides is 1. The molecule has 0 saturated carbocycles. The molecule has 0 fully saturated rings. The highest BCUT2D eigenvalue weighted by Gasteiger charge is 2.41. The summed E-state index contributed by atoms with van der Waals surface area (Å²) in [6, 6.07) is 14.6. The van der Waals surface area contributed by atoms with Gasteiger partial charge in [0.2, 0.25) is 5.91 Å². The molecule has 3 rings (SSSR count). The molecule has 0 spiro atoms. The maximum absolute atomic E-state index is 13.0. The van der Waals surface area contributed by atoms with Crippen LogP contribution in [0.25, 0.3) is 0 Å². The van der Waals surface area contributed by atoms with Crippen molar-refractivity contribution in [3.05, 3.63) is 60.2 Å². The van der Waals surface area contributed by atoms with Crippen LogP contribution in [0.3, 0.4) is 0 Å². The Kier molecular flexibility index (Phi) is 3.62. The molecule has 1 aliphatic heterocycles. The number of para-hydroxylation sites is 1. The number of hydrogen-bond donors (Lipinski definition) is 1. The summed E-state index contributed by atoms with van der Waals surface area (Å²) in [5.74, 6) is -0.310. The average Bonchev–Trinajstić information content (AvgIpc) is 2.95. The maximum atomic E-state index is 13.0. The van der Waals surface area contributed by atoms with Gasteiger partial charge in [0.1, 0.15) is 6.04 Å². The monoisotopic (exact) mass is 316 g/mol. The van der Waals surface area contributed by atoms with Gasteiger partial charge in [-0.05, 0) is 23.8 Å². The lowest BCUT2D eigenvalue weighted by atomic mass is 10.1. The minimum Gasteiger partial charge on any atom is -0.357 e. The Morgan fingerprint density at radius 3 is 2.41 bits per heavy atom. The number of nitrogens with zero attached hydrogens (tertiary/aromatic N) is 1. The van der Waals surface area contributed by atoms with E-state index in [1.165, 1.54) is 23.5 Å². The van der Waals surface area contributed by atoms with Crippen LogP contribution < -0.4 is 9.62 Å². The van der Waals surface area contributed by atoms with Gasteiger partial charge >= 0.3 is 0 Å².